The first kappa shape index (κ1) is 12.2. The molecular formula is C13H19NO3. The van der Waals surface area contributed by atoms with Gasteiger partial charge in [0.2, 0.25) is 0 Å². The normalized spacial score (nSPS) is 16.9. The zero-order valence-corrected chi connectivity index (χ0v) is 10.6. The first-order valence-corrected chi connectivity index (χ1v) is 6.00. The minimum absolute atomic E-state index is 0.0454. The summed E-state index contributed by atoms with van der Waals surface area (Å²) in [7, 11) is 1.56. The maximum atomic E-state index is 12.1. The zero-order chi connectivity index (χ0) is 12.4. The van der Waals surface area contributed by atoms with Gasteiger partial charge in [-0.05, 0) is 38.8 Å². The van der Waals surface area contributed by atoms with Gasteiger partial charge in [0.25, 0.3) is 5.91 Å². The molecule has 1 heterocycles. The molecule has 1 saturated carbocycles. The SMILES string of the molecule is COC(C)C(=O)N(Cc1ccc(C)o1)C1CC1. The van der Waals surface area contributed by atoms with Crippen LogP contribution in [0.2, 0.25) is 0 Å². The summed E-state index contributed by atoms with van der Waals surface area (Å²) in [6.07, 6.45) is 1.79. The maximum Gasteiger partial charge on any atom is 0.252 e. The van der Waals surface area contributed by atoms with Crippen molar-refractivity contribution >= 4 is 5.91 Å². The highest BCUT2D eigenvalue weighted by molar-refractivity contribution is 5.81. The molecule has 1 aromatic heterocycles. The third-order valence-corrected chi connectivity index (χ3v) is 3.09. The van der Waals surface area contributed by atoms with Crippen LogP contribution in [0.4, 0.5) is 0 Å². The second-order valence-corrected chi connectivity index (χ2v) is 4.59. The van der Waals surface area contributed by atoms with Crippen LogP contribution < -0.4 is 0 Å². The van der Waals surface area contributed by atoms with Gasteiger partial charge in [0.15, 0.2) is 0 Å². The minimum Gasteiger partial charge on any atom is -0.464 e. The molecule has 1 fully saturated rings. The molecule has 4 nitrogen and oxygen atoms in total. The van der Waals surface area contributed by atoms with E-state index in [9.17, 15) is 4.79 Å². The highest BCUT2D eigenvalue weighted by Crippen LogP contribution is 2.29. The number of rotatable bonds is 5. The molecule has 1 aromatic rings. The van der Waals surface area contributed by atoms with E-state index in [-0.39, 0.29) is 12.0 Å². The summed E-state index contributed by atoms with van der Waals surface area (Å²) in [4.78, 5) is 14.0. The molecule has 4 heteroatoms. The summed E-state index contributed by atoms with van der Waals surface area (Å²) in [5, 5.41) is 0. The monoisotopic (exact) mass is 237 g/mol. The van der Waals surface area contributed by atoms with Gasteiger partial charge in [-0.15, -0.1) is 0 Å². The molecule has 1 unspecified atom stereocenters. The fraction of sp³-hybridized carbons (Fsp3) is 0.615. The molecule has 1 atom stereocenters. The van der Waals surface area contributed by atoms with Crippen LogP contribution in [0.5, 0.6) is 0 Å². The highest BCUT2D eigenvalue weighted by Gasteiger charge is 2.35. The van der Waals surface area contributed by atoms with Crippen molar-refractivity contribution in [3.8, 4) is 0 Å². The molecule has 0 N–H and O–H groups in total. The van der Waals surface area contributed by atoms with Crippen molar-refractivity contribution in [2.24, 2.45) is 0 Å². The van der Waals surface area contributed by atoms with Crippen molar-refractivity contribution < 1.29 is 13.9 Å². The molecule has 94 valence electrons. The highest BCUT2D eigenvalue weighted by atomic mass is 16.5. The van der Waals surface area contributed by atoms with E-state index < -0.39 is 0 Å². The second kappa shape index (κ2) is 4.92. The summed E-state index contributed by atoms with van der Waals surface area (Å²) < 4.78 is 10.6. The first-order valence-electron chi connectivity index (χ1n) is 6.00. The Kier molecular flexibility index (Phi) is 3.52. The summed E-state index contributed by atoms with van der Waals surface area (Å²) in [6.45, 7) is 4.24. The van der Waals surface area contributed by atoms with E-state index in [1.54, 1.807) is 14.0 Å². The summed E-state index contributed by atoms with van der Waals surface area (Å²) in [5.41, 5.74) is 0. The number of hydrogen-bond acceptors (Lipinski definition) is 3. The molecule has 0 aromatic carbocycles. The van der Waals surface area contributed by atoms with Crippen molar-refractivity contribution in [2.75, 3.05) is 7.11 Å². The number of carbonyl (C=O) groups excluding carboxylic acids is 1. The van der Waals surface area contributed by atoms with Gasteiger partial charge in [-0.2, -0.15) is 0 Å². The molecule has 1 aliphatic carbocycles. The lowest BCUT2D eigenvalue weighted by molar-refractivity contribution is -0.142. The third-order valence-electron chi connectivity index (χ3n) is 3.09. The molecule has 1 aliphatic rings. The van der Waals surface area contributed by atoms with Crippen molar-refractivity contribution in [1.82, 2.24) is 4.90 Å². The predicted molar refractivity (Wildman–Crippen MR) is 63.5 cm³/mol. The van der Waals surface area contributed by atoms with E-state index in [4.69, 9.17) is 9.15 Å². The van der Waals surface area contributed by atoms with Crippen LogP contribution in [-0.2, 0) is 16.1 Å². The lowest BCUT2D eigenvalue weighted by atomic mass is 10.3. The Hall–Kier alpha value is -1.29. The Bertz CT molecular complexity index is 395. The fourth-order valence-electron chi connectivity index (χ4n) is 1.85. The Morgan fingerprint density at radius 1 is 1.59 bits per heavy atom. The Labute approximate surface area is 102 Å². The zero-order valence-electron chi connectivity index (χ0n) is 10.6. The quantitative estimate of drug-likeness (QED) is 0.787. The Morgan fingerprint density at radius 2 is 2.29 bits per heavy atom. The number of amides is 1. The minimum atomic E-state index is -0.383. The van der Waals surface area contributed by atoms with E-state index in [1.807, 2.05) is 24.0 Å². The van der Waals surface area contributed by atoms with Gasteiger partial charge in [-0.1, -0.05) is 0 Å². The number of carbonyl (C=O) groups is 1. The van der Waals surface area contributed by atoms with Gasteiger partial charge in [-0.3, -0.25) is 4.79 Å². The van der Waals surface area contributed by atoms with E-state index in [0.29, 0.717) is 12.6 Å². The van der Waals surface area contributed by atoms with Crippen molar-refractivity contribution in [2.45, 2.75) is 45.4 Å². The van der Waals surface area contributed by atoms with E-state index >= 15 is 0 Å². The van der Waals surface area contributed by atoms with Gasteiger partial charge in [0, 0.05) is 13.2 Å². The van der Waals surface area contributed by atoms with E-state index in [2.05, 4.69) is 0 Å². The van der Waals surface area contributed by atoms with Crippen molar-refractivity contribution in [3.63, 3.8) is 0 Å². The molecular weight excluding hydrogens is 218 g/mol. The van der Waals surface area contributed by atoms with Crippen molar-refractivity contribution in [1.29, 1.82) is 0 Å². The lowest BCUT2D eigenvalue weighted by Crippen LogP contribution is -2.39. The van der Waals surface area contributed by atoms with Crippen LogP contribution in [0, 0.1) is 6.92 Å². The molecule has 0 aliphatic heterocycles. The Morgan fingerprint density at radius 3 is 2.76 bits per heavy atom. The largest absolute Gasteiger partial charge is 0.464 e. The molecule has 0 bridgehead atoms. The second-order valence-electron chi connectivity index (χ2n) is 4.59. The number of ether oxygens (including phenoxy) is 1. The number of methoxy groups -OCH3 is 1. The van der Waals surface area contributed by atoms with Gasteiger partial charge < -0.3 is 14.1 Å². The Balaban J connectivity index is 2.05. The first-order chi connectivity index (χ1) is 8.11. The van der Waals surface area contributed by atoms with Crippen LogP contribution in [-0.4, -0.2) is 30.1 Å². The van der Waals surface area contributed by atoms with Crippen LogP contribution in [0.1, 0.15) is 31.3 Å². The fourth-order valence-corrected chi connectivity index (χ4v) is 1.85. The average molecular weight is 237 g/mol. The van der Waals surface area contributed by atoms with E-state index in [1.165, 1.54) is 0 Å². The number of furan rings is 1. The average Bonchev–Trinajstić information content (AvgIpc) is 3.08. The molecule has 2 rings (SSSR count). The van der Waals surface area contributed by atoms with Crippen LogP contribution in [0.15, 0.2) is 16.5 Å². The number of nitrogens with zero attached hydrogens (tertiary/aromatic N) is 1. The number of aryl methyl sites for hydroxylation is 1. The predicted octanol–water partition coefficient (Wildman–Crippen LogP) is 2.11. The van der Waals surface area contributed by atoms with Gasteiger partial charge in [-0.25, -0.2) is 0 Å². The van der Waals surface area contributed by atoms with E-state index in [0.717, 1.165) is 24.4 Å². The van der Waals surface area contributed by atoms with Gasteiger partial charge in [0.05, 0.1) is 6.54 Å². The van der Waals surface area contributed by atoms with Crippen molar-refractivity contribution in [3.05, 3.63) is 23.7 Å². The molecule has 1 amide bonds. The van der Waals surface area contributed by atoms with Crippen LogP contribution >= 0.6 is 0 Å². The molecule has 17 heavy (non-hydrogen) atoms. The molecule has 0 radical (unpaired) electrons. The van der Waals surface area contributed by atoms with Gasteiger partial charge in [0.1, 0.15) is 17.6 Å². The summed E-state index contributed by atoms with van der Waals surface area (Å²) in [5.74, 6) is 1.76. The lowest BCUT2D eigenvalue weighted by Gasteiger charge is -2.24. The topological polar surface area (TPSA) is 42.7 Å². The molecule has 0 spiro atoms. The number of hydrogen-bond donors (Lipinski definition) is 0. The maximum absolute atomic E-state index is 12.1. The summed E-state index contributed by atoms with van der Waals surface area (Å²) in [6, 6.07) is 4.21. The van der Waals surface area contributed by atoms with Crippen LogP contribution in [0.3, 0.4) is 0 Å². The van der Waals surface area contributed by atoms with Crippen LogP contribution in [0.25, 0.3) is 0 Å². The third kappa shape index (κ3) is 2.88. The standard InChI is InChI=1S/C13H19NO3/c1-9-4-7-12(17-9)8-14(11-5-6-11)13(15)10(2)16-3/h4,7,10-11H,5-6,8H2,1-3H3. The van der Waals surface area contributed by atoms with Gasteiger partial charge >= 0.3 is 0 Å². The smallest absolute Gasteiger partial charge is 0.252 e. The molecule has 0 saturated heterocycles. The summed E-state index contributed by atoms with van der Waals surface area (Å²) >= 11 is 0.